The van der Waals surface area contributed by atoms with Crippen LogP contribution in [0.25, 0.3) is 0 Å². The molecule has 0 spiro atoms. The number of carbonyl (C=O) groups excluding carboxylic acids is 1. The third-order valence-corrected chi connectivity index (χ3v) is 2.74. The summed E-state index contributed by atoms with van der Waals surface area (Å²) < 4.78 is 31.0. The Hall–Kier alpha value is -2.30. The van der Waals surface area contributed by atoms with Crippen LogP contribution in [-0.4, -0.2) is 11.0 Å². The fourth-order valence-electron chi connectivity index (χ4n) is 1.73. The van der Waals surface area contributed by atoms with Crippen molar-refractivity contribution in [2.45, 2.75) is 19.4 Å². The highest BCUT2D eigenvalue weighted by atomic mass is 19.2. The molecule has 0 aliphatic rings. The third kappa shape index (κ3) is 3.60. The number of esters is 1. The average Bonchev–Trinajstić information content (AvgIpc) is 2.44. The second-order valence-electron chi connectivity index (χ2n) is 4.31. The van der Waals surface area contributed by atoms with E-state index in [1.807, 2.05) is 0 Å². The SMILES string of the molecule is C[C@H](OC(=O)Cc1ccc(F)c(F)c1)c1ccccn1. The molecule has 0 amide bonds. The van der Waals surface area contributed by atoms with E-state index in [1.54, 1.807) is 31.3 Å². The third-order valence-electron chi connectivity index (χ3n) is 2.74. The standard InChI is InChI=1S/C15H13F2NO2/c1-10(14-4-2-3-7-18-14)20-15(19)9-11-5-6-12(16)13(17)8-11/h2-8,10H,9H2,1H3/t10-/m0/s1. The highest BCUT2D eigenvalue weighted by molar-refractivity contribution is 5.72. The Morgan fingerprint density at radius 1 is 1.25 bits per heavy atom. The molecule has 0 bridgehead atoms. The van der Waals surface area contributed by atoms with Crippen LogP contribution in [0.15, 0.2) is 42.6 Å². The number of hydrogen-bond acceptors (Lipinski definition) is 3. The van der Waals surface area contributed by atoms with Gasteiger partial charge in [0.05, 0.1) is 12.1 Å². The molecular formula is C15H13F2NO2. The Morgan fingerprint density at radius 2 is 2.05 bits per heavy atom. The van der Waals surface area contributed by atoms with Crippen molar-refractivity contribution < 1.29 is 18.3 Å². The number of halogens is 2. The van der Waals surface area contributed by atoms with Crippen LogP contribution in [0.3, 0.4) is 0 Å². The summed E-state index contributed by atoms with van der Waals surface area (Å²) in [6.45, 7) is 1.70. The van der Waals surface area contributed by atoms with Gasteiger partial charge >= 0.3 is 5.97 Å². The first kappa shape index (κ1) is 14.1. The monoisotopic (exact) mass is 277 g/mol. The van der Waals surface area contributed by atoms with Gasteiger partial charge in [-0.2, -0.15) is 0 Å². The molecule has 0 saturated heterocycles. The molecule has 2 aromatic rings. The van der Waals surface area contributed by atoms with Crippen molar-refractivity contribution in [1.29, 1.82) is 0 Å². The number of pyridine rings is 1. The van der Waals surface area contributed by atoms with E-state index in [0.717, 1.165) is 12.1 Å². The van der Waals surface area contributed by atoms with Gasteiger partial charge in [0.25, 0.3) is 0 Å². The van der Waals surface area contributed by atoms with Crippen LogP contribution in [0, 0.1) is 11.6 Å². The molecule has 0 fully saturated rings. The van der Waals surface area contributed by atoms with Crippen molar-refractivity contribution in [2.24, 2.45) is 0 Å². The number of ether oxygens (including phenoxy) is 1. The molecule has 1 aromatic heterocycles. The zero-order chi connectivity index (χ0) is 14.5. The summed E-state index contributed by atoms with van der Waals surface area (Å²) in [4.78, 5) is 15.8. The predicted molar refractivity (Wildman–Crippen MR) is 68.8 cm³/mol. The first-order valence-corrected chi connectivity index (χ1v) is 6.10. The minimum atomic E-state index is -0.979. The van der Waals surface area contributed by atoms with Crippen LogP contribution < -0.4 is 0 Å². The van der Waals surface area contributed by atoms with Gasteiger partial charge < -0.3 is 4.74 Å². The molecule has 1 aromatic carbocycles. The molecule has 20 heavy (non-hydrogen) atoms. The summed E-state index contributed by atoms with van der Waals surface area (Å²) in [5, 5.41) is 0. The zero-order valence-electron chi connectivity index (χ0n) is 10.8. The summed E-state index contributed by atoms with van der Waals surface area (Å²) in [5.41, 5.74) is 0.994. The van der Waals surface area contributed by atoms with Crippen molar-refractivity contribution in [1.82, 2.24) is 4.98 Å². The van der Waals surface area contributed by atoms with Crippen molar-refractivity contribution in [2.75, 3.05) is 0 Å². The topological polar surface area (TPSA) is 39.2 Å². The lowest BCUT2D eigenvalue weighted by atomic mass is 10.1. The Labute approximate surface area is 115 Å². The van der Waals surface area contributed by atoms with Gasteiger partial charge in [0.15, 0.2) is 11.6 Å². The second-order valence-corrected chi connectivity index (χ2v) is 4.31. The number of benzene rings is 1. The Balaban J connectivity index is 1.97. The summed E-state index contributed by atoms with van der Waals surface area (Å²) >= 11 is 0. The maximum absolute atomic E-state index is 13.0. The fraction of sp³-hybridized carbons (Fsp3) is 0.200. The van der Waals surface area contributed by atoms with E-state index in [0.29, 0.717) is 11.3 Å². The number of rotatable bonds is 4. The number of aromatic nitrogens is 1. The smallest absolute Gasteiger partial charge is 0.310 e. The number of carbonyl (C=O) groups is 1. The van der Waals surface area contributed by atoms with Crippen LogP contribution in [-0.2, 0) is 16.0 Å². The Kier molecular flexibility index (Phi) is 4.40. The van der Waals surface area contributed by atoms with Gasteiger partial charge in [0.2, 0.25) is 0 Å². The van der Waals surface area contributed by atoms with Crippen LogP contribution in [0.1, 0.15) is 24.3 Å². The van der Waals surface area contributed by atoms with Crippen molar-refractivity contribution in [3.8, 4) is 0 Å². The van der Waals surface area contributed by atoms with Crippen LogP contribution >= 0.6 is 0 Å². The van der Waals surface area contributed by atoms with Gasteiger partial charge in [-0.15, -0.1) is 0 Å². The number of nitrogens with zero attached hydrogens (tertiary/aromatic N) is 1. The molecule has 0 radical (unpaired) electrons. The summed E-state index contributed by atoms with van der Waals surface area (Å²) in [5.74, 6) is -2.44. The van der Waals surface area contributed by atoms with Gasteiger partial charge in [-0.1, -0.05) is 12.1 Å². The Morgan fingerprint density at radius 3 is 2.70 bits per heavy atom. The molecule has 5 heteroatoms. The van der Waals surface area contributed by atoms with E-state index in [-0.39, 0.29) is 6.42 Å². The number of hydrogen-bond donors (Lipinski definition) is 0. The summed E-state index contributed by atoms with van der Waals surface area (Å²) in [6.07, 6.45) is 0.998. The lowest BCUT2D eigenvalue weighted by Crippen LogP contribution is -2.12. The van der Waals surface area contributed by atoms with E-state index < -0.39 is 23.7 Å². The van der Waals surface area contributed by atoms with Crippen LogP contribution in [0.4, 0.5) is 8.78 Å². The summed E-state index contributed by atoms with van der Waals surface area (Å²) in [7, 11) is 0. The van der Waals surface area contributed by atoms with Crippen molar-refractivity contribution in [3.63, 3.8) is 0 Å². The first-order chi connectivity index (χ1) is 9.56. The van der Waals surface area contributed by atoms with E-state index in [1.165, 1.54) is 6.07 Å². The largest absolute Gasteiger partial charge is 0.456 e. The highest BCUT2D eigenvalue weighted by Crippen LogP contribution is 2.15. The minimum absolute atomic E-state index is 0.117. The van der Waals surface area contributed by atoms with Gasteiger partial charge in [0.1, 0.15) is 6.10 Å². The zero-order valence-corrected chi connectivity index (χ0v) is 10.8. The van der Waals surface area contributed by atoms with Gasteiger partial charge in [0, 0.05) is 6.20 Å². The molecule has 2 rings (SSSR count). The molecule has 104 valence electrons. The van der Waals surface area contributed by atoms with Crippen LogP contribution in [0.5, 0.6) is 0 Å². The lowest BCUT2D eigenvalue weighted by Gasteiger charge is -2.12. The highest BCUT2D eigenvalue weighted by Gasteiger charge is 2.14. The van der Waals surface area contributed by atoms with Crippen molar-refractivity contribution >= 4 is 5.97 Å². The maximum Gasteiger partial charge on any atom is 0.310 e. The fourth-order valence-corrected chi connectivity index (χ4v) is 1.73. The van der Waals surface area contributed by atoms with E-state index in [2.05, 4.69) is 4.98 Å². The quantitative estimate of drug-likeness (QED) is 0.806. The van der Waals surface area contributed by atoms with Crippen molar-refractivity contribution in [3.05, 3.63) is 65.5 Å². The second kappa shape index (κ2) is 6.23. The normalized spacial score (nSPS) is 11.9. The maximum atomic E-state index is 13.0. The molecule has 1 atom stereocenters. The molecule has 1 heterocycles. The molecule has 0 N–H and O–H groups in total. The molecular weight excluding hydrogens is 264 g/mol. The van der Waals surface area contributed by atoms with E-state index >= 15 is 0 Å². The van der Waals surface area contributed by atoms with E-state index in [4.69, 9.17) is 4.74 Å². The molecule has 0 aliphatic heterocycles. The molecule has 3 nitrogen and oxygen atoms in total. The minimum Gasteiger partial charge on any atom is -0.456 e. The summed E-state index contributed by atoms with van der Waals surface area (Å²) in [6, 6.07) is 8.63. The van der Waals surface area contributed by atoms with E-state index in [9.17, 15) is 13.6 Å². The van der Waals surface area contributed by atoms with Crippen LogP contribution in [0.2, 0.25) is 0 Å². The molecule has 0 aliphatic carbocycles. The Bertz CT molecular complexity index is 602. The van der Waals surface area contributed by atoms with Gasteiger partial charge in [-0.05, 0) is 36.8 Å². The van der Waals surface area contributed by atoms with Gasteiger partial charge in [-0.25, -0.2) is 8.78 Å². The average molecular weight is 277 g/mol. The van der Waals surface area contributed by atoms with Gasteiger partial charge in [-0.3, -0.25) is 9.78 Å². The molecule has 0 unspecified atom stereocenters. The first-order valence-electron chi connectivity index (χ1n) is 6.10. The predicted octanol–water partition coefficient (Wildman–Crippen LogP) is 3.21. The molecule has 0 saturated carbocycles. The lowest BCUT2D eigenvalue weighted by molar-refractivity contribution is -0.147.